The van der Waals surface area contributed by atoms with Crippen molar-refractivity contribution in [1.82, 2.24) is 9.55 Å². The summed E-state index contributed by atoms with van der Waals surface area (Å²) in [6.45, 7) is 1.54. The number of nitrogens with zero attached hydrogens (tertiary/aromatic N) is 2. The lowest BCUT2D eigenvalue weighted by Gasteiger charge is -2.04. The first-order chi connectivity index (χ1) is 10.3. The Morgan fingerprint density at radius 1 is 1.00 bits per heavy atom. The maximum Gasteiger partial charge on any atom is 0.144 e. The lowest BCUT2D eigenvalue weighted by molar-refractivity contribution is 0.797. The first kappa shape index (κ1) is 13.7. The molecule has 0 saturated heterocycles. The lowest BCUT2D eigenvalue weighted by Crippen LogP contribution is -1.99. The Morgan fingerprint density at radius 3 is 2.62 bits per heavy atom. The van der Waals surface area contributed by atoms with E-state index in [2.05, 4.69) is 28.5 Å². The second-order valence-electron chi connectivity index (χ2n) is 4.90. The van der Waals surface area contributed by atoms with E-state index in [9.17, 15) is 0 Å². The van der Waals surface area contributed by atoms with Gasteiger partial charge >= 0.3 is 0 Å². The van der Waals surface area contributed by atoms with Crippen molar-refractivity contribution in [3.63, 3.8) is 0 Å². The highest BCUT2D eigenvalue weighted by molar-refractivity contribution is 6.30. The van der Waals surface area contributed by atoms with Crippen LogP contribution in [-0.2, 0) is 13.1 Å². The molecule has 0 aliphatic carbocycles. The highest BCUT2D eigenvalue weighted by atomic mass is 35.5. The van der Waals surface area contributed by atoms with Crippen molar-refractivity contribution in [3.05, 3.63) is 83.3 Å². The van der Waals surface area contributed by atoms with Gasteiger partial charge in [0.2, 0.25) is 0 Å². The molecule has 0 bridgehead atoms. The van der Waals surface area contributed by atoms with Crippen molar-refractivity contribution in [2.24, 2.45) is 0 Å². The standard InChI is InChI=1S/C17H16ClN3/c18-16-8-4-7-15(9-16)11-21-12-17(20-13-21)19-10-14-5-2-1-3-6-14/h1-9,12-13,19H,10-11H2. The van der Waals surface area contributed by atoms with Crippen LogP contribution in [0.4, 0.5) is 5.82 Å². The molecule has 3 rings (SSSR count). The summed E-state index contributed by atoms with van der Waals surface area (Å²) in [7, 11) is 0. The summed E-state index contributed by atoms with van der Waals surface area (Å²) in [5.41, 5.74) is 2.40. The van der Waals surface area contributed by atoms with Crippen LogP contribution < -0.4 is 5.32 Å². The Labute approximate surface area is 129 Å². The Morgan fingerprint density at radius 2 is 1.81 bits per heavy atom. The molecule has 2 aromatic carbocycles. The molecule has 0 saturated carbocycles. The Balaban J connectivity index is 1.61. The van der Waals surface area contributed by atoms with E-state index in [1.54, 1.807) is 0 Å². The number of hydrogen-bond acceptors (Lipinski definition) is 2. The number of aromatic nitrogens is 2. The lowest BCUT2D eigenvalue weighted by atomic mass is 10.2. The normalized spacial score (nSPS) is 10.5. The Hall–Kier alpha value is -2.26. The highest BCUT2D eigenvalue weighted by Crippen LogP contribution is 2.13. The highest BCUT2D eigenvalue weighted by Gasteiger charge is 2.00. The van der Waals surface area contributed by atoms with Crippen molar-refractivity contribution in [2.45, 2.75) is 13.1 Å². The number of rotatable bonds is 5. The third-order valence-electron chi connectivity index (χ3n) is 3.20. The summed E-state index contributed by atoms with van der Waals surface area (Å²) in [6.07, 6.45) is 3.83. The van der Waals surface area contributed by atoms with Gasteiger partial charge in [0.1, 0.15) is 5.82 Å². The molecule has 1 N–H and O–H groups in total. The van der Waals surface area contributed by atoms with Crippen LogP contribution in [0.2, 0.25) is 5.02 Å². The average molecular weight is 298 g/mol. The van der Waals surface area contributed by atoms with Gasteiger partial charge in [-0.3, -0.25) is 0 Å². The molecule has 0 amide bonds. The second-order valence-corrected chi connectivity index (χ2v) is 5.34. The molecule has 0 aliphatic rings. The molecule has 0 fully saturated rings. The first-order valence-corrected chi connectivity index (χ1v) is 7.21. The van der Waals surface area contributed by atoms with Crippen LogP contribution in [0, 0.1) is 0 Å². The molecular weight excluding hydrogens is 282 g/mol. The zero-order valence-electron chi connectivity index (χ0n) is 11.5. The number of benzene rings is 2. The van der Waals surface area contributed by atoms with Crippen molar-refractivity contribution in [1.29, 1.82) is 0 Å². The van der Waals surface area contributed by atoms with Crippen LogP contribution in [0.5, 0.6) is 0 Å². The van der Waals surface area contributed by atoms with E-state index in [1.807, 2.05) is 53.5 Å². The van der Waals surface area contributed by atoms with Crippen LogP contribution in [0.3, 0.4) is 0 Å². The summed E-state index contributed by atoms with van der Waals surface area (Å²) in [5, 5.41) is 4.08. The predicted molar refractivity (Wildman–Crippen MR) is 86.5 cm³/mol. The molecule has 1 aromatic heterocycles. The van der Waals surface area contributed by atoms with Crippen molar-refractivity contribution in [2.75, 3.05) is 5.32 Å². The molecule has 0 radical (unpaired) electrons. The van der Waals surface area contributed by atoms with Gasteiger partial charge < -0.3 is 9.88 Å². The van der Waals surface area contributed by atoms with Crippen molar-refractivity contribution >= 4 is 17.4 Å². The Bertz CT molecular complexity index is 707. The summed E-state index contributed by atoms with van der Waals surface area (Å²) >= 11 is 6.00. The quantitative estimate of drug-likeness (QED) is 0.765. The predicted octanol–water partition coefficient (Wildman–Crippen LogP) is 4.20. The number of hydrogen-bond donors (Lipinski definition) is 1. The minimum Gasteiger partial charge on any atom is -0.365 e. The average Bonchev–Trinajstić information content (AvgIpc) is 2.94. The van der Waals surface area contributed by atoms with E-state index in [-0.39, 0.29) is 0 Å². The molecule has 0 aliphatic heterocycles. The Kier molecular flexibility index (Phi) is 4.22. The van der Waals surface area contributed by atoms with Gasteiger partial charge in [-0.15, -0.1) is 0 Å². The van der Waals surface area contributed by atoms with Gasteiger partial charge in [0.15, 0.2) is 0 Å². The molecular formula is C17H16ClN3. The monoisotopic (exact) mass is 297 g/mol. The third-order valence-corrected chi connectivity index (χ3v) is 3.44. The van der Waals surface area contributed by atoms with Gasteiger partial charge in [-0.2, -0.15) is 0 Å². The van der Waals surface area contributed by atoms with Gasteiger partial charge in [-0.1, -0.05) is 54.1 Å². The zero-order valence-corrected chi connectivity index (χ0v) is 12.3. The second kappa shape index (κ2) is 6.46. The van der Waals surface area contributed by atoms with Gasteiger partial charge in [-0.05, 0) is 23.3 Å². The van der Waals surface area contributed by atoms with Crippen LogP contribution >= 0.6 is 11.6 Å². The summed E-state index contributed by atoms with van der Waals surface area (Å²) < 4.78 is 2.04. The zero-order chi connectivity index (χ0) is 14.5. The van der Waals surface area contributed by atoms with Crippen molar-refractivity contribution < 1.29 is 0 Å². The van der Waals surface area contributed by atoms with E-state index >= 15 is 0 Å². The first-order valence-electron chi connectivity index (χ1n) is 6.83. The van der Waals surface area contributed by atoms with Crippen LogP contribution in [0.1, 0.15) is 11.1 Å². The summed E-state index contributed by atoms with van der Waals surface area (Å²) in [4.78, 5) is 4.37. The fraction of sp³-hybridized carbons (Fsp3) is 0.118. The smallest absolute Gasteiger partial charge is 0.144 e. The molecule has 4 heteroatoms. The maximum absolute atomic E-state index is 6.00. The fourth-order valence-corrected chi connectivity index (χ4v) is 2.39. The topological polar surface area (TPSA) is 29.9 Å². The summed E-state index contributed by atoms with van der Waals surface area (Å²) in [5.74, 6) is 0.876. The minimum atomic E-state index is 0.759. The van der Waals surface area contributed by atoms with Crippen molar-refractivity contribution in [3.8, 4) is 0 Å². The largest absolute Gasteiger partial charge is 0.365 e. The summed E-state index contributed by atoms with van der Waals surface area (Å²) in [6, 6.07) is 18.1. The van der Waals surface area contributed by atoms with E-state index in [0.29, 0.717) is 0 Å². The van der Waals surface area contributed by atoms with Crippen LogP contribution in [0.15, 0.2) is 67.1 Å². The molecule has 106 valence electrons. The van der Waals surface area contributed by atoms with Gasteiger partial charge in [0.05, 0.1) is 6.33 Å². The molecule has 21 heavy (non-hydrogen) atoms. The van der Waals surface area contributed by atoms with Gasteiger partial charge in [0, 0.05) is 24.3 Å². The third kappa shape index (κ3) is 3.86. The number of imidazole rings is 1. The number of halogens is 1. The molecule has 3 aromatic rings. The fourth-order valence-electron chi connectivity index (χ4n) is 2.17. The van der Waals surface area contributed by atoms with E-state index in [0.717, 1.165) is 29.5 Å². The van der Waals surface area contributed by atoms with Crippen LogP contribution in [0.25, 0.3) is 0 Å². The number of anilines is 1. The SMILES string of the molecule is Clc1cccc(Cn2cnc(NCc3ccccc3)c2)c1. The minimum absolute atomic E-state index is 0.759. The maximum atomic E-state index is 6.00. The van der Waals surface area contributed by atoms with E-state index in [4.69, 9.17) is 11.6 Å². The molecule has 0 atom stereocenters. The van der Waals surface area contributed by atoms with Gasteiger partial charge in [-0.25, -0.2) is 4.98 Å². The molecule has 1 heterocycles. The molecule has 3 nitrogen and oxygen atoms in total. The number of nitrogens with one attached hydrogen (secondary N) is 1. The van der Waals surface area contributed by atoms with Crippen LogP contribution in [-0.4, -0.2) is 9.55 Å². The molecule has 0 spiro atoms. The van der Waals surface area contributed by atoms with E-state index in [1.165, 1.54) is 5.56 Å². The molecule has 0 unspecified atom stereocenters. The van der Waals surface area contributed by atoms with Gasteiger partial charge in [0.25, 0.3) is 0 Å². The van der Waals surface area contributed by atoms with E-state index < -0.39 is 0 Å².